The summed E-state index contributed by atoms with van der Waals surface area (Å²) in [7, 11) is -3.71. The lowest BCUT2D eigenvalue weighted by molar-refractivity contribution is -0.121. The van der Waals surface area contributed by atoms with Crippen molar-refractivity contribution >= 4 is 27.0 Å². The van der Waals surface area contributed by atoms with Crippen LogP contribution in [0, 0.1) is 11.8 Å². The van der Waals surface area contributed by atoms with Gasteiger partial charge in [-0.25, -0.2) is 13.2 Å². The standard InChI is InChI=1S/C22H26N4O5S/c1-15-8-16(2)13-25(12-15)32(29,30)18-5-6-19-20(9-18)31-22(28)26(19)14-21(27)24-11-17-4-3-7-23-10-17/h3-7,9-10,15-16H,8,11-14H2,1-2H3,(H,24,27)/t15-,16+. The van der Waals surface area contributed by atoms with Crippen molar-refractivity contribution in [3.8, 4) is 0 Å². The molecule has 10 heteroatoms. The lowest BCUT2D eigenvalue weighted by atomic mass is 9.94. The minimum atomic E-state index is -3.71. The van der Waals surface area contributed by atoms with Crippen LogP contribution in [0.2, 0.25) is 0 Å². The van der Waals surface area contributed by atoms with Crippen molar-refractivity contribution in [2.24, 2.45) is 11.8 Å². The fourth-order valence-corrected chi connectivity index (χ4v) is 5.91. The molecule has 1 aliphatic heterocycles. The van der Waals surface area contributed by atoms with Crippen molar-refractivity contribution in [2.45, 2.75) is 38.3 Å². The average Bonchev–Trinajstić information content (AvgIpc) is 3.06. The van der Waals surface area contributed by atoms with Crippen LogP contribution in [0.3, 0.4) is 0 Å². The van der Waals surface area contributed by atoms with Crippen molar-refractivity contribution in [3.63, 3.8) is 0 Å². The van der Waals surface area contributed by atoms with E-state index in [1.165, 1.54) is 27.1 Å². The third-order valence-electron chi connectivity index (χ3n) is 5.63. The Bertz CT molecular complexity index is 1270. The number of sulfonamides is 1. The molecule has 4 rings (SSSR count). The van der Waals surface area contributed by atoms with Gasteiger partial charge in [-0.2, -0.15) is 4.31 Å². The number of fused-ring (bicyclic) bond motifs is 1. The molecule has 0 aliphatic carbocycles. The van der Waals surface area contributed by atoms with Gasteiger partial charge in [-0.05, 0) is 42.0 Å². The Labute approximate surface area is 186 Å². The Hall–Kier alpha value is -2.98. The van der Waals surface area contributed by atoms with E-state index in [9.17, 15) is 18.0 Å². The lowest BCUT2D eigenvalue weighted by Crippen LogP contribution is -2.42. The second-order valence-electron chi connectivity index (χ2n) is 8.49. The van der Waals surface area contributed by atoms with Gasteiger partial charge in [0.15, 0.2) is 5.58 Å². The summed E-state index contributed by atoms with van der Waals surface area (Å²) in [4.78, 5) is 28.7. The summed E-state index contributed by atoms with van der Waals surface area (Å²) in [6, 6.07) is 7.93. The van der Waals surface area contributed by atoms with Crippen molar-refractivity contribution in [2.75, 3.05) is 13.1 Å². The van der Waals surface area contributed by atoms with Crippen LogP contribution in [-0.4, -0.2) is 41.3 Å². The molecule has 170 valence electrons. The summed E-state index contributed by atoms with van der Waals surface area (Å²) in [5.74, 6) is -0.527. The van der Waals surface area contributed by atoms with Crippen molar-refractivity contribution < 1.29 is 17.6 Å². The molecule has 2 aromatic heterocycles. The number of hydrogen-bond donors (Lipinski definition) is 1. The van der Waals surface area contributed by atoms with Crippen LogP contribution in [0.25, 0.3) is 11.1 Å². The van der Waals surface area contributed by atoms with Gasteiger partial charge >= 0.3 is 5.76 Å². The van der Waals surface area contributed by atoms with Gasteiger partial charge in [-0.3, -0.25) is 14.3 Å². The fourth-order valence-electron chi connectivity index (χ4n) is 4.21. The minimum Gasteiger partial charge on any atom is -0.408 e. The van der Waals surface area contributed by atoms with Crippen molar-refractivity contribution in [1.82, 2.24) is 19.2 Å². The Morgan fingerprint density at radius 1 is 1.22 bits per heavy atom. The third kappa shape index (κ3) is 4.61. The maximum absolute atomic E-state index is 13.1. The van der Waals surface area contributed by atoms with E-state index in [0.717, 1.165) is 12.0 Å². The van der Waals surface area contributed by atoms with E-state index in [0.29, 0.717) is 18.6 Å². The van der Waals surface area contributed by atoms with Crippen LogP contribution in [0.5, 0.6) is 0 Å². The zero-order valence-corrected chi connectivity index (χ0v) is 18.8. The number of nitrogens with one attached hydrogen (secondary N) is 1. The quantitative estimate of drug-likeness (QED) is 0.604. The fraction of sp³-hybridized carbons (Fsp3) is 0.409. The number of piperidine rings is 1. The topological polar surface area (TPSA) is 115 Å². The predicted octanol–water partition coefficient (Wildman–Crippen LogP) is 1.97. The first-order chi connectivity index (χ1) is 15.2. The van der Waals surface area contributed by atoms with Crippen LogP contribution in [0.1, 0.15) is 25.8 Å². The first-order valence-corrected chi connectivity index (χ1v) is 12.0. The Morgan fingerprint density at radius 3 is 2.66 bits per heavy atom. The summed E-state index contributed by atoms with van der Waals surface area (Å²) in [6.07, 6.45) is 4.28. The molecule has 1 N–H and O–H groups in total. The number of oxazole rings is 1. The van der Waals surface area contributed by atoms with Gasteiger partial charge in [0.2, 0.25) is 15.9 Å². The van der Waals surface area contributed by atoms with E-state index in [1.807, 2.05) is 19.9 Å². The smallest absolute Gasteiger partial charge is 0.408 e. The highest BCUT2D eigenvalue weighted by Crippen LogP contribution is 2.28. The van der Waals surface area contributed by atoms with Gasteiger partial charge in [0.25, 0.3) is 0 Å². The van der Waals surface area contributed by atoms with Crippen LogP contribution in [-0.2, 0) is 27.9 Å². The average molecular weight is 459 g/mol. The molecule has 3 aromatic rings. The zero-order chi connectivity index (χ0) is 22.9. The number of amides is 1. The molecule has 32 heavy (non-hydrogen) atoms. The molecule has 0 bridgehead atoms. The third-order valence-corrected chi connectivity index (χ3v) is 7.45. The number of rotatable bonds is 6. The molecule has 1 fully saturated rings. The van der Waals surface area contributed by atoms with E-state index in [4.69, 9.17) is 4.42 Å². The predicted molar refractivity (Wildman–Crippen MR) is 118 cm³/mol. The highest BCUT2D eigenvalue weighted by atomic mass is 32.2. The highest BCUT2D eigenvalue weighted by Gasteiger charge is 2.32. The Balaban J connectivity index is 1.54. The second-order valence-corrected chi connectivity index (χ2v) is 10.4. The van der Waals surface area contributed by atoms with E-state index in [2.05, 4.69) is 10.3 Å². The number of aromatic nitrogens is 2. The molecule has 1 saturated heterocycles. The van der Waals surface area contributed by atoms with Crippen LogP contribution in [0.4, 0.5) is 0 Å². The van der Waals surface area contributed by atoms with Crippen molar-refractivity contribution in [1.29, 1.82) is 0 Å². The second kappa shape index (κ2) is 8.87. The zero-order valence-electron chi connectivity index (χ0n) is 18.0. The number of nitrogens with zero attached hydrogens (tertiary/aromatic N) is 3. The molecular formula is C22H26N4O5S. The van der Waals surface area contributed by atoms with E-state index in [1.54, 1.807) is 18.5 Å². The number of carbonyl (C=O) groups excluding carboxylic acids is 1. The molecule has 1 aromatic carbocycles. The Kier molecular flexibility index (Phi) is 6.16. The molecule has 9 nitrogen and oxygen atoms in total. The maximum Gasteiger partial charge on any atom is 0.420 e. The molecule has 0 radical (unpaired) electrons. The van der Waals surface area contributed by atoms with Gasteiger partial charge in [0.1, 0.15) is 6.54 Å². The molecule has 1 aliphatic rings. The normalized spacial score (nSPS) is 19.8. The van der Waals surface area contributed by atoms with E-state index < -0.39 is 15.8 Å². The summed E-state index contributed by atoms with van der Waals surface area (Å²) < 4.78 is 34.2. The molecule has 3 heterocycles. The minimum absolute atomic E-state index is 0.0771. The van der Waals surface area contributed by atoms with Crippen LogP contribution >= 0.6 is 0 Å². The summed E-state index contributed by atoms with van der Waals surface area (Å²) in [6.45, 7) is 5.06. The molecule has 0 saturated carbocycles. The molecular weight excluding hydrogens is 432 g/mol. The van der Waals surface area contributed by atoms with E-state index >= 15 is 0 Å². The number of benzene rings is 1. The van der Waals surface area contributed by atoms with Crippen LogP contribution in [0.15, 0.2) is 56.8 Å². The summed E-state index contributed by atoms with van der Waals surface area (Å²) in [5.41, 5.74) is 1.33. The van der Waals surface area contributed by atoms with Gasteiger partial charge in [-0.1, -0.05) is 19.9 Å². The molecule has 0 spiro atoms. The van der Waals surface area contributed by atoms with Gasteiger partial charge in [0, 0.05) is 38.1 Å². The van der Waals surface area contributed by atoms with Crippen molar-refractivity contribution in [3.05, 3.63) is 58.8 Å². The molecule has 1 amide bonds. The van der Waals surface area contributed by atoms with Gasteiger partial charge < -0.3 is 9.73 Å². The van der Waals surface area contributed by atoms with Gasteiger partial charge in [0.05, 0.1) is 10.4 Å². The van der Waals surface area contributed by atoms with Crippen LogP contribution < -0.4 is 11.1 Å². The number of pyridine rings is 1. The summed E-state index contributed by atoms with van der Waals surface area (Å²) in [5, 5.41) is 2.73. The Morgan fingerprint density at radius 2 is 1.97 bits per heavy atom. The first-order valence-electron chi connectivity index (χ1n) is 10.5. The monoisotopic (exact) mass is 458 g/mol. The largest absolute Gasteiger partial charge is 0.420 e. The molecule has 0 unspecified atom stereocenters. The first kappa shape index (κ1) is 22.2. The lowest BCUT2D eigenvalue weighted by Gasteiger charge is -2.34. The highest BCUT2D eigenvalue weighted by molar-refractivity contribution is 7.89. The summed E-state index contributed by atoms with van der Waals surface area (Å²) >= 11 is 0. The SMILES string of the molecule is C[C@@H]1C[C@H](C)CN(S(=O)(=O)c2ccc3c(c2)oc(=O)n3CC(=O)NCc2cccnc2)C1. The maximum atomic E-state index is 13.1. The molecule has 2 atom stereocenters. The number of hydrogen-bond acceptors (Lipinski definition) is 6. The van der Waals surface area contributed by atoms with Gasteiger partial charge in [-0.15, -0.1) is 0 Å². The number of carbonyl (C=O) groups is 1. The van der Waals surface area contributed by atoms with E-state index in [-0.39, 0.29) is 41.3 Å².